The van der Waals surface area contributed by atoms with Gasteiger partial charge in [0.1, 0.15) is 16.7 Å². The number of anilines is 2. The molecular formula is C32H27N3O4S2. The number of nitrogens with one attached hydrogen (secondary N) is 2. The standard InChI is InChI=1S/C32H27N3O4S2/c1-38-25-17-15-22(16-18-25)28-21-40-32(34-28)35-31(37)30(23-9-4-2-5-10-23)41-27-14-8-11-24(19-27)33-29(36)20-39-26-12-6-3-7-13-26/h2-19,21,30H,20H2,1H3,(H,33,36)(H,34,35,37). The van der Waals surface area contributed by atoms with Crippen LogP contribution in [0.15, 0.2) is 119 Å². The smallest absolute Gasteiger partial charge is 0.262 e. The maximum atomic E-state index is 13.6. The van der Waals surface area contributed by atoms with Crippen molar-refractivity contribution in [2.24, 2.45) is 0 Å². The molecule has 4 aromatic carbocycles. The molecule has 1 atom stereocenters. The molecule has 1 aromatic heterocycles. The molecule has 5 aromatic rings. The fourth-order valence-electron chi connectivity index (χ4n) is 3.94. The fraction of sp³-hybridized carbons (Fsp3) is 0.0938. The minimum Gasteiger partial charge on any atom is -0.497 e. The average molecular weight is 582 g/mol. The van der Waals surface area contributed by atoms with Gasteiger partial charge in [0.15, 0.2) is 11.7 Å². The predicted octanol–water partition coefficient (Wildman–Crippen LogP) is 7.31. The van der Waals surface area contributed by atoms with Crippen molar-refractivity contribution in [2.45, 2.75) is 10.1 Å². The summed E-state index contributed by atoms with van der Waals surface area (Å²) in [6.07, 6.45) is 0. The molecule has 206 valence electrons. The van der Waals surface area contributed by atoms with Crippen molar-refractivity contribution in [1.82, 2.24) is 4.98 Å². The van der Waals surface area contributed by atoms with Crippen LogP contribution < -0.4 is 20.1 Å². The normalized spacial score (nSPS) is 11.3. The number of thioether (sulfide) groups is 1. The topological polar surface area (TPSA) is 89.6 Å². The van der Waals surface area contributed by atoms with Crippen LogP contribution >= 0.6 is 23.1 Å². The van der Waals surface area contributed by atoms with Gasteiger partial charge in [0, 0.05) is 21.5 Å². The molecule has 5 rings (SSSR count). The number of methoxy groups -OCH3 is 1. The Hall–Kier alpha value is -4.60. The number of carbonyl (C=O) groups excluding carboxylic acids is 2. The molecule has 0 spiro atoms. The molecule has 2 N–H and O–H groups in total. The predicted molar refractivity (Wildman–Crippen MR) is 165 cm³/mol. The molecule has 1 heterocycles. The van der Waals surface area contributed by atoms with Gasteiger partial charge in [-0.25, -0.2) is 4.98 Å². The lowest BCUT2D eigenvalue weighted by atomic mass is 10.1. The third-order valence-electron chi connectivity index (χ3n) is 5.95. The number of nitrogens with zero attached hydrogens (tertiary/aromatic N) is 1. The molecule has 9 heteroatoms. The zero-order chi connectivity index (χ0) is 28.4. The Labute approximate surface area is 246 Å². The fourth-order valence-corrected chi connectivity index (χ4v) is 5.75. The first-order valence-corrected chi connectivity index (χ1v) is 14.5. The molecular weight excluding hydrogens is 555 g/mol. The Kier molecular flexibility index (Phi) is 9.30. The highest BCUT2D eigenvalue weighted by Gasteiger charge is 2.23. The summed E-state index contributed by atoms with van der Waals surface area (Å²) in [4.78, 5) is 31.5. The summed E-state index contributed by atoms with van der Waals surface area (Å²) in [7, 11) is 1.63. The molecule has 41 heavy (non-hydrogen) atoms. The molecule has 0 aliphatic rings. The van der Waals surface area contributed by atoms with Gasteiger partial charge in [-0.3, -0.25) is 9.59 Å². The Morgan fingerprint density at radius 3 is 2.32 bits per heavy atom. The van der Waals surface area contributed by atoms with Gasteiger partial charge < -0.3 is 20.1 Å². The van der Waals surface area contributed by atoms with E-state index >= 15 is 0 Å². The van der Waals surface area contributed by atoms with E-state index < -0.39 is 5.25 Å². The Morgan fingerprint density at radius 2 is 1.59 bits per heavy atom. The zero-order valence-electron chi connectivity index (χ0n) is 22.2. The number of hydrogen-bond acceptors (Lipinski definition) is 7. The first-order valence-electron chi connectivity index (χ1n) is 12.8. The second kappa shape index (κ2) is 13.6. The third kappa shape index (κ3) is 7.75. The molecule has 0 saturated heterocycles. The van der Waals surface area contributed by atoms with Crippen LogP contribution in [0.5, 0.6) is 11.5 Å². The van der Waals surface area contributed by atoms with E-state index in [0.717, 1.165) is 27.5 Å². The van der Waals surface area contributed by atoms with Crippen LogP contribution in [0.4, 0.5) is 10.8 Å². The molecule has 1 unspecified atom stereocenters. The van der Waals surface area contributed by atoms with Gasteiger partial charge in [-0.1, -0.05) is 54.6 Å². The highest BCUT2D eigenvalue weighted by Crippen LogP contribution is 2.38. The summed E-state index contributed by atoms with van der Waals surface area (Å²) in [6, 6.07) is 33.8. The monoisotopic (exact) mass is 581 g/mol. The summed E-state index contributed by atoms with van der Waals surface area (Å²) in [6.45, 7) is -0.108. The van der Waals surface area contributed by atoms with Gasteiger partial charge >= 0.3 is 0 Å². The minimum atomic E-state index is -0.545. The van der Waals surface area contributed by atoms with Crippen LogP contribution in [-0.4, -0.2) is 30.5 Å². The first kappa shape index (κ1) is 27.9. The third-order valence-corrected chi connectivity index (χ3v) is 7.95. The highest BCUT2D eigenvalue weighted by atomic mass is 32.2. The SMILES string of the molecule is COc1ccc(-c2csc(NC(=O)C(Sc3cccc(NC(=O)COc4ccccc4)c3)c3ccccc3)n2)cc1. The first-order chi connectivity index (χ1) is 20.1. The van der Waals surface area contributed by atoms with Crippen LogP contribution in [0.1, 0.15) is 10.8 Å². The summed E-state index contributed by atoms with van der Waals surface area (Å²) in [5, 5.41) is 7.74. The number of ether oxygens (including phenoxy) is 2. The van der Waals surface area contributed by atoms with Crippen molar-refractivity contribution in [3.63, 3.8) is 0 Å². The Bertz CT molecular complexity index is 1590. The summed E-state index contributed by atoms with van der Waals surface area (Å²) < 4.78 is 10.8. The molecule has 0 fully saturated rings. The number of rotatable bonds is 11. The van der Waals surface area contributed by atoms with Gasteiger partial charge in [-0.2, -0.15) is 0 Å². The van der Waals surface area contributed by atoms with E-state index in [-0.39, 0.29) is 18.4 Å². The summed E-state index contributed by atoms with van der Waals surface area (Å²) in [5.74, 6) is 0.928. The molecule has 0 aliphatic carbocycles. The van der Waals surface area contributed by atoms with E-state index in [2.05, 4.69) is 15.6 Å². The van der Waals surface area contributed by atoms with E-state index in [1.54, 1.807) is 25.3 Å². The maximum absolute atomic E-state index is 13.6. The summed E-state index contributed by atoms with van der Waals surface area (Å²) in [5.41, 5.74) is 3.18. The van der Waals surface area contributed by atoms with E-state index in [4.69, 9.17) is 9.47 Å². The molecule has 0 bridgehead atoms. The number of hydrogen-bond donors (Lipinski definition) is 2. The van der Waals surface area contributed by atoms with Crippen LogP contribution in [0, 0.1) is 0 Å². The number of carbonyl (C=O) groups is 2. The van der Waals surface area contributed by atoms with Gasteiger partial charge in [0.2, 0.25) is 5.91 Å². The summed E-state index contributed by atoms with van der Waals surface area (Å²) >= 11 is 2.77. The number of amides is 2. The lowest BCUT2D eigenvalue weighted by molar-refractivity contribution is -0.118. The zero-order valence-corrected chi connectivity index (χ0v) is 23.8. The van der Waals surface area contributed by atoms with Crippen LogP contribution in [-0.2, 0) is 9.59 Å². The molecule has 2 amide bonds. The van der Waals surface area contributed by atoms with Gasteiger partial charge in [-0.05, 0) is 60.2 Å². The van der Waals surface area contributed by atoms with Crippen LogP contribution in [0.3, 0.4) is 0 Å². The second-order valence-electron chi connectivity index (χ2n) is 8.84. The van der Waals surface area contributed by atoms with E-state index in [1.807, 2.05) is 96.4 Å². The van der Waals surface area contributed by atoms with Gasteiger partial charge in [0.05, 0.1) is 12.8 Å². The van der Waals surface area contributed by atoms with Crippen LogP contribution in [0.25, 0.3) is 11.3 Å². The number of aromatic nitrogens is 1. The lowest BCUT2D eigenvalue weighted by Crippen LogP contribution is -2.20. The van der Waals surface area contributed by atoms with Crippen molar-refractivity contribution in [3.8, 4) is 22.8 Å². The number of para-hydroxylation sites is 1. The Morgan fingerprint density at radius 1 is 0.854 bits per heavy atom. The molecule has 0 radical (unpaired) electrons. The molecule has 0 saturated carbocycles. The lowest BCUT2D eigenvalue weighted by Gasteiger charge is -2.17. The maximum Gasteiger partial charge on any atom is 0.262 e. The average Bonchev–Trinajstić information content (AvgIpc) is 3.48. The van der Waals surface area contributed by atoms with Crippen molar-refractivity contribution in [2.75, 3.05) is 24.4 Å². The largest absolute Gasteiger partial charge is 0.497 e. The Balaban J connectivity index is 1.27. The highest BCUT2D eigenvalue weighted by molar-refractivity contribution is 8.00. The van der Waals surface area contributed by atoms with Crippen molar-refractivity contribution in [1.29, 1.82) is 0 Å². The number of thiazole rings is 1. The van der Waals surface area contributed by atoms with Gasteiger partial charge in [0.25, 0.3) is 5.91 Å². The van der Waals surface area contributed by atoms with E-state index in [9.17, 15) is 9.59 Å². The van der Waals surface area contributed by atoms with Crippen LogP contribution in [0.2, 0.25) is 0 Å². The molecule has 7 nitrogen and oxygen atoms in total. The van der Waals surface area contributed by atoms with Crippen molar-refractivity contribution < 1.29 is 19.1 Å². The quantitative estimate of drug-likeness (QED) is 0.159. The number of benzene rings is 4. The minimum absolute atomic E-state index is 0.108. The van der Waals surface area contributed by atoms with Gasteiger partial charge in [-0.15, -0.1) is 23.1 Å². The molecule has 0 aliphatic heterocycles. The van der Waals surface area contributed by atoms with Crippen molar-refractivity contribution >= 4 is 45.7 Å². The van der Waals surface area contributed by atoms with E-state index in [1.165, 1.54) is 23.1 Å². The second-order valence-corrected chi connectivity index (χ2v) is 10.9. The van der Waals surface area contributed by atoms with E-state index in [0.29, 0.717) is 16.6 Å². The van der Waals surface area contributed by atoms with Crippen molar-refractivity contribution in [3.05, 3.63) is 120 Å².